The van der Waals surface area contributed by atoms with Crippen molar-refractivity contribution < 1.29 is 14.3 Å². The van der Waals surface area contributed by atoms with Crippen LogP contribution in [0.2, 0.25) is 0 Å². The maximum atomic E-state index is 12.3. The Bertz CT molecular complexity index is 302. The Labute approximate surface area is 93.4 Å². The topological polar surface area (TPSA) is 113 Å². The average Bonchev–Trinajstić information content (AvgIpc) is 2.08. The first kappa shape index (κ1) is 16.3. The lowest BCUT2D eigenvalue weighted by Gasteiger charge is -1.89. The summed E-state index contributed by atoms with van der Waals surface area (Å²) < 4.78 is 12.3. The number of carboxylic acid groups (broad SMARTS) is 1. The lowest BCUT2D eigenvalue weighted by molar-refractivity contribution is -0.134. The fourth-order valence-electron chi connectivity index (χ4n) is 0.551. The van der Waals surface area contributed by atoms with Gasteiger partial charge in [-0.1, -0.05) is 18.2 Å². The molecule has 5 nitrogen and oxygen atoms in total. The molecule has 6 heteroatoms. The fraction of sp³-hybridized carbons (Fsp3) is 0.200. The lowest BCUT2D eigenvalue weighted by atomic mass is 10.2. The number of guanidine groups is 1. The molecule has 1 aromatic carbocycles. The molecular weight excluding hydrogens is 213 g/mol. The van der Waals surface area contributed by atoms with Gasteiger partial charge in [0.15, 0.2) is 5.96 Å². The molecule has 0 amide bonds. The third-order valence-electron chi connectivity index (χ3n) is 1.08. The molecule has 0 fully saturated rings. The fourth-order valence-corrected chi connectivity index (χ4v) is 0.551. The first-order valence-corrected chi connectivity index (χ1v) is 4.27. The van der Waals surface area contributed by atoms with E-state index in [2.05, 4.69) is 11.5 Å². The molecule has 0 aliphatic carbocycles. The number of rotatable bonds is 0. The maximum Gasteiger partial charge on any atom is 0.300 e. The Morgan fingerprint density at radius 2 is 1.69 bits per heavy atom. The predicted molar refractivity (Wildman–Crippen MR) is 60.5 cm³/mol. The molecule has 0 aromatic heterocycles. The Morgan fingerprint density at radius 1 is 1.38 bits per heavy atom. The Morgan fingerprint density at radius 3 is 1.88 bits per heavy atom. The Balaban J connectivity index is 0. The monoisotopic (exact) mass is 229 g/mol. The second-order valence-electron chi connectivity index (χ2n) is 2.72. The lowest BCUT2D eigenvalue weighted by Crippen LogP contribution is -2.20. The van der Waals surface area contributed by atoms with E-state index in [1.807, 2.05) is 6.07 Å². The van der Waals surface area contributed by atoms with Crippen molar-refractivity contribution in [3.05, 3.63) is 35.6 Å². The highest BCUT2D eigenvalue weighted by Crippen LogP contribution is 2.01. The van der Waals surface area contributed by atoms with Crippen LogP contribution >= 0.6 is 0 Å². The molecule has 6 N–H and O–H groups in total. The predicted octanol–water partition coefficient (Wildman–Crippen LogP) is 1.06. The van der Waals surface area contributed by atoms with Crippen LogP contribution in [0, 0.1) is 18.2 Å². The number of nitrogens with one attached hydrogen (secondary N) is 1. The number of aliphatic carboxylic acids is 1. The SMILES string of the molecule is CC(=O)O.Cc1ccccc1F.N=C(N)N. The van der Waals surface area contributed by atoms with E-state index in [1.165, 1.54) is 6.07 Å². The quantitative estimate of drug-likeness (QED) is 0.393. The normalized spacial score (nSPS) is 7.69. The van der Waals surface area contributed by atoms with Crippen molar-refractivity contribution in [2.45, 2.75) is 13.8 Å². The van der Waals surface area contributed by atoms with Crippen LogP contribution in [0.5, 0.6) is 0 Å². The molecule has 0 bridgehead atoms. The summed E-state index contributed by atoms with van der Waals surface area (Å²) >= 11 is 0. The van der Waals surface area contributed by atoms with Crippen LogP contribution < -0.4 is 11.5 Å². The van der Waals surface area contributed by atoms with Crippen molar-refractivity contribution in [3.8, 4) is 0 Å². The number of carboxylic acids is 1. The van der Waals surface area contributed by atoms with Crippen molar-refractivity contribution in [2.24, 2.45) is 11.5 Å². The summed E-state index contributed by atoms with van der Waals surface area (Å²) in [5.41, 5.74) is 9.65. The summed E-state index contributed by atoms with van der Waals surface area (Å²) in [6.45, 7) is 2.83. The van der Waals surface area contributed by atoms with E-state index in [1.54, 1.807) is 19.1 Å². The molecule has 16 heavy (non-hydrogen) atoms. The first-order valence-electron chi connectivity index (χ1n) is 4.27. The summed E-state index contributed by atoms with van der Waals surface area (Å²) in [6.07, 6.45) is 0. The van der Waals surface area contributed by atoms with Crippen LogP contribution in [-0.4, -0.2) is 17.0 Å². The molecule has 90 valence electrons. The zero-order chi connectivity index (χ0) is 13.1. The van der Waals surface area contributed by atoms with Gasteiger partial charge in [0.1, 0.15) is 5.82 Å². The minimum Gasteiger partial charge on any atom is -0.481 e. The number of nitrogens with two attached hydrogens (primary N) is 2. The second-order valence-corrected chi connectivity index (χ2v) is 2.72. The van der Waals surface area contributed by atoms with Gasteiger partial charge in [-0.15, -0.1) is 0 Å². The molecule has 0 heterocycles. The van der Waals surface area contributed by atoms with Crippen molar-refractivity contribution in [3.63, 3.8) is 0 Å². The van der Waals surface area contributed by atoms with Crippen LogP contribution in [0.15, 0.2) is 24.3 Å². The summed E-state index contributed by atoms with van der Waals surface area (Å²) in [7, 11) is 0. The molecule has 1 rings (SSSR count). The number of benzene rings is 1. The number of hydrogen-bond acceptors (Lipinski definition) is 2. The summed E-state index contributed by atoms with van der Waals surface area (Å²) in [4.78, 5) is 9.00. The molecule has 0 unspecified atom stereocenters. The number of halogens is 1. The number of carbonyl (C=O) groups is 1. The summed E-state index contributed by atoms with van der Waals surface area (Å²) in [5, 5.41) is 13.5. The molecule has 0 saturated carbocycles. The number of hydrogen-bond donors (Lipinski definition) is 4. The highest BCUT2D eigenvalue weighted by Gasteiger charge is 1.88. The van der Waals surface area contributed by atoms with E-state index in [-0.39, 0.29) is 11.8 Å². The van der Waals surface area contributed by atoms with E-state index < -0.39 is 5.97 Å². The zero-order valence-electron chi connectivity index (χ0n) is 9.20. The second kappa shape index (κ2) is 9.45. The minimum atomic E-state index is -0.833. The first-order chi connectivity index (χ1) is 7.27. The average molecular weight is 229 g/mol. The van der Waals surface area contributed by atoms with Crippen LogP contribution in [0.3, 0.4) is 0 Å². The van der Waals surface area contributed by atoms with Crippen molar-refractivity contribution in [1.82, 2.24) is 0 Å². The van der Waals surface area contributed by atoms with Gasteiger partial charge in [-0.3, -0.25) is 10.2 Å². The molecular formula is C10H16FN3O2. The van der Waals surface area contributed by atoms with Crippen LogP contribution in [0.4, 0.5) is 4.39 Å². The molecule has 0 radical (unpaired) electrons. The van der Waals surface area contributed by atoms with Crippen molar-refractivity contribution >= 4 is 11.9 Å². The zero-order valence-corrected chi connectivity index (χ0v) is 9.20. The smallest absolute Gasteiger partial charge is 0.300 e. The van der Waals surface area contributed by atoms with Gasteiger partial charge in [0.25, 0.3) is 5.97 Å². The molecule has 0 aliphatic rings. The molecule has 1 aromatic rings. The van der Waals surface area contributed by atoms with Gasteiger partial charge in [0.2, 0.25) is 0 Å². The van der Waals surface area contributed by atoms with Gasteiger partial charge in [-0.2, -0.15) is 0 Å². The third kappa shape index (κ3) is 17.8. The van der Waals surface area contributed by atoms with E-state index in [9.17, 15) is 4.39 Å². The van der Waals surface area contributed by atoms with E-state index in [0.29, 0.717) is 5.56 Å². The van der Waals surface area contributed by atoms with Gasteiger partial charge in [-0.05, 0) is 18.6 Å². The van der Waals surface area contributed by atoms with Gasteiger partial charge in [0, 0.05) is 6.92 Å². The molecule has 0 saturated heterocycles. The Kier molecular flexibility index (Phi) is 9.64. The highest BCUT2D eigenvalue weighted by atomic mass is 19.1. The molecule has 0 spiro atoms. The van der Waals surface area contributed by atoms with Crippen LogP contribution in [0.1, 0.15) is 12.5 Å². The van der Waals surface area contributed by atoms with Crippen molar-refractivity contribution in [1.29, 1.82) is 5.41 Å². The van der Waals surface area contributed by atoms with Gasteiger partial charge in [0.05, 0.1) is 0 Å². The van der Waals surface area contributed by atoms with E-state index >= 15 is 0 Å². The molecule has 0 aliphatic heterocycles. The summed E-state index contributed by atoms with van der Waals surface area (Å²) in [6, 6.07) is 6.70. The molecule has 0 atom stereocenters. The summed E-state index contributed by atoms with van der Waals surface area (Å²) in [5.74, 6) is -1.30. The van der Waals surface area contributed by atoms with Crippen LogP contribution in [-0.2, 0) is 4.79 Å². The van der Waals surface area contributed by atoms with E-state index in [0.717, 1.165) is 6.92 Å². The van der Waals surface area contributed by atoms with Gasteiger partial charge < -0.3 is 16.6 Å². The highest BCUT2D eigenvalue weighted by molar-refractivity contribution is 5.71. The third-order valence-corrected chi connectivity index (χ3v) is 1.08. The minimum absolute atomic E-state index is 0.132. The standard InChI is InChI=1S/C7H7F.C2H4O2.CH5N3/c1-6-4-2-3-5-7(6)8;1-2(3)4;2-1(3)4/h2-5H,1H3;1H3,(H,3,4);(H5,2,3,4). The van der Waals surface area contributed by atoms with Crippen LogP contribution in [0.25, 0.3) is 0 Å². The maximum absolute atomic E-state index is 12.3. The van der Waals surface area contributed by atoms with Gasteiger partial charge >= 0.3 is 0 Å². The van der Waals surface area contributed by atoms with E-state index in [4.69, 9.17) is 15.3 Å². The van der Waals surface area contributed by atoms with Crippen molar-refractivity contribution in [2.75, 3.05) is 0 Å². The Hall–Kier alpha value is -2.11. The van der Waals surface area contributed by atoms with Gasteiger partial charge in [-0.25, -0.2) is 4.39 Å². The largest absolute Gasteiger partial charge is 0.481 e. The number of aryl methyl sites for hydroxylation is 1.